The average molecular weight is 342 g/mol. The molecule has 0 saturated carbocycles. The Morgan fingerprint density at radius 1 is 0.938 bits per heavy atom. The van der Waals surface area contributed by atoms with Crippen molar-refractivity contribution in [3.8, 4) is 0 Å². The van der Waals surface area contributed by atoms with E-state index in [1.807, 2.05) is 0 Å². The number of halogens is 1. The van der Waals surface area contributed by atoms with E-state index in [0.717, 1.165) is 23.6 Å². The molecule has 0 aliphatic carbocycles. The number of ether oxygens (including phenoxy) is 2. The summed E-state index contributed by atoms with van der Waals surface area (Å²) in [4.78, 5) is 0. The SMILES string of the molecule is CCCCCCCOCOCCCC(C)I. The van der Waals surface area contributed by atoms with Crippen molar-refractivity contribution in [3.63, 3.8) is 0 Å². The molecule has 0 aromatic rings. The van der Waals surface area contributed by atoms with Crippen LogP contribution in [0.1, 0.15) is 58.8 Å². The Balaban J connectivity index is 2.88. The van der Waals surface area contributed by atoms with Gasteiger partial charge in [-0.3, -0.25) is 0 Å². The average Bonchev–Trinajstić information content (AvgIpc) is 2.25. The lowest BCUT2D eigenvalue weighted by Gasteiger charge is -2.06. The second-order valence-electron chi connectivity index (χ2n) is 4.27. The summed E-state index contributed by atoms with van der Waals surface area (Å²) in [6.45, 7) is 6.63. The number of hydrogen-bond donors (Lipinski definition) is 0. The maximum atomic E-state index is 5.40. The van der Waals surface area contributed by atoms with Gasteiger partial charge in [-0.25, -0.2) is 0 Å². The fraction of sp³-hybridized carbons (Fsp3) is 1.00. The van der Waals surface area contributed by atoms with E-state index in [2.05, 4.69) is 36.4 Å². The molecule has 0 aromatic heterocycles. The second kappa shape index (κ2) is 13.7. The van der Waals surface area contributed by atoms with E-state index >= 15 is 0 Å². The Kier molecular flexibility index (Phi) is 14.3. The summed E-state index contributed by atoms with van der Waals surface area (Å²) in [5.41, 5.74) is 0. The molecule has 0 aromatic carbocycles. The van der Waals surface area contributed by atoms with E-state index in [9.17, 15) is 0 Å². The normalized spacial score (nSPS) is 12.9. The number of rotatable bonds is 12. The molecule has 0 radical (unpaired) electrons. The highest BCUT2D eigenvalue weighted by Crippen LogP contribution is 2.06. The van der Waals surface area contributed by atoms with Gasteiger partial charge in [0, 0.05) is 17.1 Å². The quantitative estimate of drug-likeness (QED) is 0.224. The minimum absolute atomic E-state index is 0.476. The van der Waals surface area contributed by atoms with Crippen molar-refractivity contribution in [2.75, 3.05) is 20.0 Å². The van der Waals surface area contributed by atoms with Crippen LogP contribution in [0.5, 0.6) is 0 Å². The number of hydrogen-bond acceptors (Lipinski definition) is 2. The Morgan fingerprint density at radius 2 is 1.56 bits per heavy atom. The van der Waals surface area contributed by atoms with Crippen LogP contribution in [-0.4, -0.2) is 23.9 Å². The van der Waals surface area contributed by atoms with E-state index in [0.29, 0.717) is 6.79 Å². The van der Waals surface area contributed by atoms with Crippen molar-refractivity contribution in [2.24, 2.45) is 0 Å². The zero-order valence-electron chi connectivity index (χ0n) is 10.8. The Morgan fingerprint density at radius 3 is 2.19 bits per heavy atom. The highest BCUT2D eigenvalue weighted by atomic mass is 127. The van der Waals surface area contributed by atoms with E-state index < -0.39 is 0 Å². The van der Waals surface area contributed by atoms with Crippen LogP contribution in [-0.2, 0) is 9.47 Å². The number of alkyl halides is 1. The third-order valence-corrected chi connectivity index (χ3v) is 3.07. The monoisotopic (exact) mass is 342 g/mol. The van der Waals surface area contributed by atoms with Crippen molar-refractivity contribution in [1.82, 2.24) is 0 Å². The molecule has 0 rings (SSSR count). The van der Waals surface area contributed by atoms with Gasteiger partial charge in [-0.1, -0.05) is 62.1 Å². The zero-order chi connectivity index (χ0) is 12.1. The highest BCUT2D eigenvalue weighted by Gasteiger charge is 1.95. The molecule has 3 heteroatoms. The smallest absolute Gasteiger partial charge is 0.146 e. The summed E-state index contributed by atoms with van der Waals surface area (Å²) in [6, 6.07) is 0. The second-order valence-corrected chi connectivity index (χ2v) is 6.40. The maximum Gasteiger partial charge on any atom is 0.146 e. The highest BCUT2D eigenvalue weighted by molar-refractivity contribution is 14.1. The van der Waals surface area contributed by atoms with E-state index in [1.54, 1.807) is 0 Å². The summed E-state index contributed by atoms with van der Waals surface area (Å²) in [5.74, 6) is 0. The first-order chi connectivity index (χ1) is 7.77. The van der Waals surface area contributed by atoms with Crippen LogP contribution in [0.3, 0.4) is 0 Å². The molecule has 1 unspecified atom stereocenters. The topological polar surface area (TPSA) is 18.5 Å². The van der Waals surface area contributed by atoms with E-state index in [1.165, 1.54) is 38.5 Å². The van der Waals surface area contributed by atoms with Crippen LogP contribution in [0.4, 0.5) is 0 Å². The molecule has 0 N–H and O–H groups in total. The van der Waals surface area contributed by atoms with Gasteiger partial charge in [0.2, 0.25) is 0 Å². The van der Waals surface area contributed by atoms with Crippen molar-refractivity contribution in [1.29, 1.82) is 0 Å². The summed E-state index contributed by atoms with van der Waals surface area (Å²) in [6.07, 6.45) is 8.84. The lowest BCUT2D eigenvalue weighted by Crippen LogP contribution is -2.04. The first-order valence-corrected chi connectivity index (χ1v) is 7.81. The van der Waals surface area contributed by atoms with Crippen molar-refractivity contribution in [3.05, 3.63) is 0 Å². The van der Waals surface area contributed by atoms with Crippen LogP contribution in [0.25, 0.3) is 0 Å². The third kappa shape index (κ3) is 14.6. The van der Waals surface area contributed by atoms with Gasteiger partial charge in [0.1, 0.15) is 6.79 Å². The van der Waals surface area contributed by atoms with Crippen LogP contribution in [0.2, 0.25) is 0 Å². The van der Waals surface area contributed by atoms with Crippen LogP contribution < -0.4 is 0 Å². The molecular formula is C13H27IO2. The maximum absolute atomic E-state index is 5.40. The van der Waals surface area contributed by atoms with Crippen LogP contribution in [0, 0.1) is 0 Å². The van der Waals surface area contributed by atoms with Gasteiger partial charge in [-0.05, 0) is 19.3 Å². The molecule has 1 atom stereocenters. The Bertz CT molecular complexity index is 129. The largest absolute Gasteiger partial charge is 0.355 e. The Hall–Kier alpha value is 0.650. The Labute approximate surface area is 115 Å². The molecule has 0 fully saturated rings. The van der Waals surface area contributed by atoms with E-state index in [-0.39, 0.29) is 0 Å². The molecule has 0 saturated heterocycles. The van der Waals surface area contributed by atoms with Gasteiger partial charge in [-0.2, -0.15) is 0 Å². The van der Waals surface area contributed by atoms with Crippen LogP contribution >= 0.6 is 22.6 Å². The third-order valence-electron chi connectivity index (χ3n) is 2.45. The van der Waals surface area contributed by atoms with Gasteiger partial charge >= 0.3 is 0 Å². The van der Waals surface area contributed by atoms with E-state index in [4.69, 9.17) is 9.47 Å². The number of unbranched alkanes of at least 4 members (excludes halogenated alkanes) is 4. The van der Waals surface area contributed by atoms with Crippen molar-refractivity contribution >= 4 is 22.6 Å². The minimum atomic E-state index is 0.476. The lowest BCUT2D eigenvalue weighted by molar-refractivity contribution is -0.0554. The molecule has 0 aliphatic heterocycles. The summed E-state index contributed by atoms with van der Waals surface area (Å²) in [5, 5.41) is 0. The standard InChI is InChI=1S/C13H27IO2/c1-3-4-5-6-7-10-15-12-16-11-8-9-13(2)14/h13H,3-12H2,1-2H3. The molecule has 2 nitrogen and oxygen atoms in total. The lowest BCUT2D eigenvalue weighted by atomic mass is 10.2. The van der Waals surface area contributed by atoms with Gasteiger partial charge in [0.15, 0.2) is 0 Å². The predicted molar refractivity (Wildman–Crippen MR) is 78.2 cm³/mol. The summed E-state index contributed by atoms with van der Waals surface area (Å²) < 4.78 is 11.5. The molecule has 0 bridgehead atoms. The molecule has 98 valence electrons. The molecule has 0 amide bonds. The fourth-order valence-electron chi connectivity index (χ4n) is 1.45. The summed E-state index contributed by atoms with van der Waals surface area (Å²) in [7, 11) is 0. The van der Waals surface area contributed by atoms with Crippen molar-refractivity contribution in [2.45, 2.75) is 62.7 Å². The summed E-state index contributed by atoms with van der Waals surface area (Å²) >= 11 is 2.45. The first kappa shape index (κ1) is 16.6. The predicted octanol–water partition coefficient (Wildman–Crippen LogP) is 4.55. The zero-order valence-corrected chi connectivity index (χ0v) is 13.0. The molecule has 16 heavy (non-hydrogen) atoms. The molecule has 0 heterocycles. The van der Waals surface area contributed by atoms with Gasteiger partial charge < -0.3 is 9.47 Å². The van der Waals surface area contributed by atoms with Crippen molar-refractivity contribution < 1.29 is 9.47 Å². The molecule has 0 spiro atoms. The van der Waals surface area contributed by atoms with Crippen LogP contribution in [0.15, 0.2) is 0 Å². The first-order valence-electron chi connectivity index (χ1n) is 6.57. The minimum Gasteiger partial charge on any atom is -0.355 e. The van der Waals surface area contributed by atoms with Gasteiger partial charge in [0.25, 0.3) is 0 Å². The van der Waals surface area contributed by atoms with Gasteiger partial charge in [0.05, 0.1) is 0 Å². The molecule has 0 aliphatic rings. The molecular weight excluding hydrogens is 315 g/mol. The van der Waals surface area contributed by atoms with Gasteiger partial charge in [-0.15, -0.1) is 0 Å². The fourth-order valence-corrected chi connectivity index (χ4v) is 1.89.